The Kier molecular flexibility index (Phi) is 4.89. The van der Waals surface area contributed by atoms with Crippen LogP contribution in [0.1, 0.15) is 12.5 Å². The predicted molar refractivity (Wildman–Crippen MR) is 64.1 cm³/mol. The third kappa shape index (κ3) is 4.32. The van der Waals surface area contributed by atoms with Gasteiger partial charge in [0, 0.05) is 17.9 Å². The van der Waals surface area contributed by atoms with Crippen LogP contribution in [-0.2, 0) is 16.4 Å². The Morgan fingerprint density at radius 3 is 2.71 bits per heavy atom. The Balaban J connectivity index is 2.64. The average molecular weight is 261 g/mol. The summed E-state index contributed by atoms with van der Waals surface area (Å²) in [5.74, 6) is 0.0770. The number of nitrogens with two attached hydrogens (primary N) is 1. The standard InChI is InChI=1S/C11H16FNO3S/c1-2-17(14,15)6-5-16-11-4-3-10(12)7-9(11)8-13/h3-4,7H,2,5-6,8,13H2,1H3. The van der Waals surface area contributed by atoms with Crippen molar-refractivity contribution in [3.05, 3.63) is 29.6 Å². The maximum Gasteiger partial charge on any atom is 0.153 e. The topological polar surface area (TPSA) is 69.4 Å². The van der Waals surface area contributed by atoms with Crippen LogP contribution in [0.5, 0.6) is 5.75 Å². The number of halogens is 1. The van der Waals surface area contributed by atoms with E-state index in [1.54, 1.807) is 6.92 Å². The summed E-state index contributed by atoms with van der Waals surface area (Å²) in [5.41, 5.74) is 5.97. The van der Waals surface area contributed by atoms with E-state index in [-0.39, 0.29) is 30.5 Å². The fourth-order valence-corrected chi connectivity index (χ4v) is 1.90. The van der Waals surface area contributed by atoms with Gasteiger partial charge in [-0.1, -0.05) is 6.92 Å². The summed E-state index contributed by atoms with van der Waals surface area (Å²) in [7, 11) is -3.05. The van der Waals surface area contributed by atoms with E-state index in [1.807, 2.05) is 0 Å². The van der Waals surface area contributed by atoms with Gasteiger partial charge >= 0.3 is 0 Å². The molecule has 17 heavy (non-hydrogen) atoms. The van der Waals surface area contributed by atoms with Gasteiger partial charge in [0.05, 0.1) is 5.75 Å². The van der Waals surface area contributed by atoms with Crippen LogP contribution in [0.3, 0.4) is 0 Å². The van der Waals surface area contributed by atoms with Gasteiger partial charge < -0.3 is 10.5 Å². The average Bonchev–Trinajstić information content (AvgIpc) is 2.30. The second kappa shape index (κ2) is 5.97. The Labute approximate surface area is 101 Å². The molecule has 0 bridgehead atoms. The van der Waals surface area contributed by atoms with E-state index in [4.69, 9.17) is 10.5 Å². The molecule has 0 saturated heterocycles. The molecular weight excluding hydrogens is 245 g/mol. The normalized spacial score (nSPS) is 11.5. The molecule has 1 aromatic carbocycles. The second-order valence-electron chi connectivity index (χ2n) is 3.54. The number of hydrogen-bond donors (Lipinski definition) is 1. The van der Waals surface area contributed by atoms with Gasteiger partial charge in [0.2, 0.25) is 0 Å². The lowest BCUT2D eigenvalue weighted by Crippen LogP contribution is -2.16. The Bertz CT molecular complexity index is 474. The van der Waals surface area contributed by atoms with Crippen LogP contribution >= 0.6 is 0 Å². The lowest BCUT2D eigenvalue weighted by atomic mass is 10.2. The van der Waals surface area contributed by atoms with Crippen LogP contribution < -0.4 is 10.5 Å². The zero-order valence-electron chi connectivity index (χ0n) is 9.65. The molecule has 6 heteroatoms. The molecule has 0 radical (unpaired) electrons. The van der Waals surface area contributed by atoms with Gasteiger partial charge in [-0.05, 0) is 18.2 Å². The minimum atomic E-state index is -3.05. The first-order chi connectivity index (χ1) is 7.98. The van der Waals surface area contributed by atoms with E-state index >= 15 is 0 Å². The number of rotatable bonds is 6. The fourth-order valence-electron chi connectivity index (χ4n) is 1.27. The zero-order valence-corrected chi connectivity index (χ0v) is 10.5. The Hall–Kier alpha value is -1.14. The van der Waals surface area contributed by atoms with Crippen LogP contribution in [0.4, 0.5) is 4.39 Å². The van der Waals surface area contributed by atoms with Gasteiger partial charge in [-0.3, -0.25) is 0 Å². The highest BCUT2D eigenvalue weighted by atomic mass is 32.2. The third-order valence-corrected chi connectivity index (χ3v) is 4.00. The molecule has 0 spiro atoms. The molecule has 0 saturated carbocycles. The van der Waals surface area contributed by atoms with E-state index in [0.717, 1.165) is 0 Å². The number of sulfone groups is 1. The summed E-state index contributed by atoms with van der Waals surface area (Å²) in [5, 5.41) is 0. The molecule has 4 nitrogen and oxygen atoms in total. The molecule has 1 rings (SSSR count). The van der Waals surface area contributed by atoms with Crippen molar-refractivity contribution < 1.29 is 17.5 Å². The number of hydrogen-bond acceptors (Lipinski definition) is 4. The van der Waals surface area contributed by atoms with Crippen LogP contribution in [0, 0.1) is 5.82 Å². The maximum atomic E-state index is 12.9. The van der Waals surface area contributed by atoms with E-state index in [2.05, 4.69) is 0 Å². The smallest absolute Gasteiger partial charge is 0.153 e. The summed E-state index contributed by atoms with van der Waals surface area (Å²) in [4.78, 5) is 0. The summed E-state index contributed by atoms with van der Waals surface area (Å²) in [6, 6.07) is 3.99. The molecule has 96 valence electrons. The molecular formula is C11H16FNO3S. The molecule has 0 aliphatic heterocycles. The summed E-state index contributed by atoms with van der Waals surface area (Å²) in [6.07, 6.45) is 0. The van der Waals surface area contributed by atoms with Gasteiger partial charge in [0.25, 0.3) is 0 Å². The van der Waals surface area contributed by atoms with Crippen molar-refractivity contribution in [3.63, 3.8) is 0 Å². The van der Waals surface area contributed by atoms with Crippen molar-refractivity contribution in [1.82, 2.24) is 0 Å². The van der Waals surface area contributed by atoms with Gasteiger partial charge in [-0.25, -0.2) is 12.8 Å². The minimum Gasteiger partial charge on any atom is -0.492 e. The summed E-state index contributed by atoms with van der Waals surface area (Å²) < 4.78 is 40.7. The quantitative estimate of drug-likeness (QED) is 0.832. The zero-order chi connectivity index (χ0) is 12.9. The van der Waals surface area contributed by atoms with Gasteiger partial charge in [-0.15, -0.1) is 0 Å². The van der Waals surface area contributed by atoms with Crippen LogP contribution in [0.2, 0.25) is 0 Å². The molecule has 0 aromatic heterocycles. The van der Waals surface area contributed by atoms with Gasteiger partial charge in [-0.2, -0.15) is 0 Å². The highest BCUT2D eigenvalue weighted by Crippen LogP contribution is 2.19. The molecule has 0 fully saturated rings. The molecule has 0 heterocycles. The Morgan fingerprint density at radius 2 is 2.12 bits per heavy atom. The lowest BCUT2D eigenvalue weighted by Gasteiger charge is -2.10. The van der Waals surface area contributed by atoms with Crippen LogP contribution in [-0.4, -0.2) is 26.5 Å². The predicted octanol–water partition coefficient (Wildman–Crippen LogP) is 1.10. The first-order valence-corrected chi connectivity index (χ1v) is 7.12. The first-order valence-electron chi connectivity index (χ1n) is 5.30. The lowest BCUT2D eigenvalue weighted by molar-refractivity contribution is 0.336. The number of benzene rings is 1. The third-order valence-electron chi connectivity index (χ3n) is 2.33. The van der Waals surface area contributed by atoms with Crippen molar-refractivity contribution in [1.29, 1.82) is 0 Å². The minimum absolute atomic E-state index is 0.0504. The molecule has 1 aromatic rings. The van der Waals surface area contributed by atoms with Crippen LogP contribution in [0.25, 0.3) is 0 Å². The van der Waals surface area contributed by atoms with E-state index < -0.39 is 9.84 Å². The van der Waals surface area contributed by atoms with Gasteiger partial charge in [0.1, 0.15) is 18.2 Å². The monoisotopic (exact) mass is 261 g/mol. The van der Waals surface area contributed by atoms with Crippen molar-refractivity contribution in [2.24, 2.45) is 5.73 Å². The largest absolute Gasteiger partial charge is 0.492 e. The van der Waals surface area contributed by atoms with Crippen molar-refractivity contribution in [2.75, 3.05) is 18.1 Å². The SMILES string of the molecule is CCS(=O)(=O)CCOc1ccc(F)cc1CN. The summed E-state index contributed by atoms with van der Waals surface area (Å²) >= 11 is 0. The van der Waals surface area contributed by atoms with Crippen molar-refractivity contribution in [2.45, 2.75) is 13.5 Å². The summed E-state index contributed by atoms with van der Waals surface area (Å²) in [6.45, 7) is 1.78. The molecule has 0 aliphatic rings. The highest BCUT2D eigenvalue weighted by molar-refractivity contribution is 7.91. The van der Waals surface area contributed by atoms with Crippen molar-refractivity contribution in [3.8, 4) is 5.75 Å². The Morgan fingerprint density at radius 1 is 1.41 bits per heavy atom. The molecule has 2 N–H and O–H groups in total. The van der Waals surface area contributed by atoms with E-state index in [0.29, 0.717) is 11.3 Å². The highest BCUT2D eigenvalue weighted by Gasteiger charge is 2.09. The molecule has 0 atom stereocenters. The molecule has 0 aliphatic carbocycles. The first kappa shape index (κ1) is 13.9. The van der Waals surface area contributed by atoms with Crippen LogP contribution in [0.15, 0.2) is 18.2 Å². The second-order valence-corrected chi connectivity index (χ2v) is 6.01. The van der Waals surface area contributed by atoms with E-state index in [9.17, 15) is 12.8 Å². The molecule has 0 amide bonds. The van der Waals surface area contributed by atoms with Crippen molar-refractivity contribution >= 4 is 9.84 Å². The van der Waals surface area contributed by atoms with Gasteiger partial charge in [0.15, 0.2) is 9.84 Å². The maximum absolute atomic E-state index is 12.9. The number of ether oxygens (including phenoxy) is 1. The molecule has 0 unspecified atom stereocenters. The van der Waals surface area contributed by atoms with E-state index in [1.165, 1.54) is 18.2 Å². The fraction of sp³-hybridized carbons (Fsp3) is 0.455.